The van der Waals surface area contributed by atoms with E-state index < -0.39 is 0 Å². The Balaban J connectivity index is 1.57. The number of anilines is 2. The highest BCUT2D eigenvalue weighted by Gasteiger charge is 2.12. The van der Waals surface area contributed by atoms with Gasteiger partial charge in [0.15, 0.2) is 5.13 Å². The van der Waals surface area contributed by atoms with E-state index in [2.05, 4.69) is 40.7 Å². The number of hydrogen-bond acceptors (Lipinski definition) is 6. The number of aromatic nitrogens is 1. The van der Waals surface area contributed by atoms with Crippen molar-refractivity contribution >= 4 is 39.4 Å². The van der Waals surface area contributed by atoms with Crippen molar-refractivity contribution in [3.63, 3.8) is 0 Å². The number of carbonyl (C=O) groups excluding carboxylic acids is 1. The molecule has 148 valence electrons. The van der Waals surface area contributed by atoms with E-state index in [1.807, 2.05) is 23.6 Å². The number of aliphatic hydroxyl groups excluding tert-OH is 1. The Hall–Kier alpha value is -2.22. The molecule has 0 aliphatic heterocycles. The van der Waals surface area contributed by atoms with Gasteiger partial charge < -0.3 is 10.4 Å². The zero-order valence-corrected chi connectivity index (χ0v) is 17.5. The molecule has 0 unspecified atom stereocenters. The van der Waals surface area contributed by atoms with Gasteiger partial charge in [-0.15, -0.1) is 22.7 Å². The van der Waals surface area contributed by atoms with Crippen LogP contribution in [0.4, 0.5) is 10.8 Å². The predicted octanol–water partition coefficient (Wildman–Crippen LogP) is 4.95. The van der Waals surface area contributed by atoms with Gasteiger partial charge in [0.05, 0.1) is 10.6 Å². The van der Waals surface area contributed by atoms with Gasteiger partial charge in [-0.25, -0.2) is 4.98 Å². The first-order chi connectivity index (χ1) is 13.7. The van der Waals surface area contributed by atoms with Crippen LogP contribution in [0.2, 0.25) is 0 Å². The SMILES string of the molecule is CCCCc1ccccc1NCc1ccc(C(=O)Nc2nc(CCO)cs2)s1. The number of aliphatic hydroxyl groups is 1. The number of thiophene rings is 1. The number of carbonyl (C=O) groups is 1. The Labute approximate surface area is 173 Å². The first-order valence-corrected chi connectivity index (χ1v) is 11.2. The number of hydrogen-bond donors (Lipinski definition) is 3. The lowest BCUT2D eigenvalue weighted by Gasteiger charge is -2.11. The lowest BCUT2D eigenvalue weighted by molar-refractivity contribution is 0.103. The van der Waals surface area contributed by atoms with E-state index in [0.29, 0.717) is 23.0 Å². The molecule has 3 rings (SSSR count). The van der Waals surface area contributed by atoms with Gasteiger partial charge in [-0.05, 0) is 36.6 Å². The van der Waals surface area contributed by atoms with Gasteiger partial charge in [-0.3, -0.25) is 10.1 Å². The van der Waals surface area contributed by atoms with Gasteiger partial charge in [-0.2, -0.15) is 0 Å². The Morgan fingerprint density at radius 1 is 1.18 bits per heavy atom. The maximum Gasteiger partial charge on any atom is 0.267 e. The highest BCUT2D eigenvalue weighted by molar-refractivity contribution is 7.15. The quantitative estimate of drug-likeness (QED) is 0.438. The zero-order valence-electron chi connectivity index (χ0n) is 15.9. The molecule has 1 aromatic carbocycles. The summed E-state index contributed by atoms with van der Waals surface area (Å²) in [7, 11) is 0. The van der Waals surface area contributed by atoms with Crippen LogP contribution in [0, 0.1) is 0 Å². The normalized spacial score (nSPS) is 10.8. The Morgan fingerprint density at radius 3 is 2.86 bits per heavy atom. The molecule has 0 bridgehead atoms. The van der Waals surface area contributed by atoms with E-state index in [0.717, 1.165) is 22.7 Å². The lowest BCUT2D eigenvalue weighted by atomic mass is 10.1. The minimum absolute atomic E-state index is 0.0555. The van der Waals surface area contributed by atoms with Gasteiger partial charge in [-0.1, -0.05) is 31.5 Å². The Bertz CT molecular complexity index is 904. The third-order valence-electron chi connectivity index (χ3n) is 4.30. The van der Waals surface area contributed by atoms with Crippen molar-refractivity contribution in [2.75, 3.05) is 17.2 Å². The minimum Gasteiger partial charge on any atom is -0.396 e. The number of nitrogens with one attached hydrogen (secondary N) is 2. The van der Waals surface area contributed by atoms with E-state index >= 15 is 0 Å². The van der Waals surface area contributed by atoms with E-state index in [1.165, 1.54) is 41.1 Å². The average molecular weight is 416 g/mol. The van der Waals surface area contributed by atoms with E-state index in [-0.39, 0.29) is 12.5 Å². The number of aryl methyl sites for hydroxylation is 1. The molecule has 2 heterocycles. The van der Waals surface area contributed by atoms with Crippen molar-refractivity contribution in [1.82, 2.24) is 4.98 Å². The third-order valence-corrected chi connectivity index (χ3v) is 6.19. The number of para-hydroxylation sites is 1. The summed E-state index contributed by atoms with van der Waals surface area (Å²) in [6.07, 6.45) is 3.93. The summed E-state index contributed by atoms with van der Waals surface area (Å²) in [6.45, 7) is 2.95. The number of rotatable bonds is 10. The summed E-state index contributed by atoms with van der Waals surface area (Å²) in [5.74, 6) is -0.149. The first kappa shape index (κ1) is 20.5. The largest absolute Gasteiger partial charge is 0.396 e. The monoisotopic (exact) mass is 415 g/mol. The number of unbranched alkanes of at least 4 members (excludes halogenated alkanes) is 1. The van der Waals surface area contributed by atoms with Crippen LogP contribution in [0.5, 0.6) is 0 Å². The van der Waals surface area contributed by atoms with Crippen molar-refractivity contribution in [2.45, 2.75) is 39.2 Å². The van der Waals surface area contributed by atoms with Crippen LogP contribution in [0.25, 0.3) is 0 Å². The standard InChI is InChI=1S/C21H25N3O2S2/c1-2-3-6-15-7-4-5-8-18(15)22-13-17-9-10-19(28-17)20(26)24-21-23-16(11-12-25)14-27-21/h4-5,7-10,14,22,25H,2-3,6,11-13H2,1H3,(H,23,24,26). The second-order valence-corrected chi connectivity index (χ2v) is 8.48. The first-order valence-electron chi connectivity index (χ1n) is 9.46. The molecule has 0 saturated carbocycles. The summed E-state index contributed by atoms with van der Waals surface area (Å²) < 4.78 is 0. The average Bonchev–Trinajstić information content (AvgIpc) is 3.35. The lowest BCUT2D eigenvalue weighted by Crippen LogP contribution is -2.10. The molecule has 0 spiro atoms. The van der Waals surface area contributed by atoms with Gasteiger partial charge in [0.25, 0.3) is 5.91 Å². The molecule has 0 saturated heterocycles. The van der Waals surface area contributed by atoms with Crippen LogP contribution in [0.1, 0.15) is 45.6 Å². The van der Waals surface area contributed by atoms with Crippen molar-refractivity contribution in [1.29, 1.82) is 0 Å². The maximum atomic E-state index is 12.4. The molecule has 0 aliphatic rings. The van der Waals surface area contributed by atoms with Crippen LogP contribution in [0.3, 0.4) is 0 Å². The molecule has 0 atom stereocenters. The van der Waals surface area contributed by atoms with Crippen LogP contribution in [0.15, 0.2) is 41.8 Å². The van der Waals surface area contributed by atoms with E-state index in [9.17, 15) is 4.79 Å². The smallest absolute Gasteiger partial charge is 0.267 e. The van der Waals surface area contributed by atoms with Crippen LogP contribution in [-0.2, 0) is 19.4 Å². The van der Waals surface area contributed by atoms with Crippen molar-refractivity contribution in [3.05, 3.63) is 62.8 Å². The molecule has 2 aromatic heterocycles. The van der Waals surface area contributed by atoms with Gasteiger partial charge in [0.1, 0.15) is 0 Å². The highest BCUT2D eigenvalue weighted by atomic mass is 32.1. The summed E-state index contributed by atoms with van der Waals surface area (Å²) in [6, 6.07) is 12.2. The number of amides is 1. The fourth-order valence-corrected chi connectivity index (χ4v) is 4.39. The maximum absolute atomic E-state index is 12.4. The molecule has 7 heteroatoms. The molecular weight excluding hydrogens is 390 g/mol. The van der Waals surface area contributed by atoms with Crippen LogP contribution in [-0.4, -0.2) is 22.6 Å². The van der Waals surface area contributed by atoms with Crippen molar-refractivity contribution in [3.8, 4) is 0 Å². The molecule has 0 radical (unpaired) electrons. The minimum atomic E-state index is -0.149. The third kappa shape index (κ3) is 5.64. The molecule has 28 heavy (non-hydrogen) atoms. The Kier molecular flexibility index (Phi) is 7.59. The molecule has 3 N–H and O–H groups in total. The van der Waals surface area contributed by atoms with Crippen molar-refractivity contribution in [2.24, 2.45) is 0 Å². The summed E-state index contributed by atoms with van der Waals surface area (Å²) in [5, 5.41) is 17.7. The highest BCUT2D eigenvalue weighted by Crippen LogP contribution is 2.23. The molecule has 5 nitrogen and oxygen atoms in total. The Morgan fingerprint density at radius 2 is 2.04 bits per heavy atom. The van der Waals surface area contributed by atoms with Gasteiger partial charge in [0.2, 0.25) is 0 Å². The van der Waals surface area contributed by atoms with Gasteiger partial charge in [0, 0.05) is 35.5 Å². The number of thiazole rings is 1. The van der Waals surface area contributed by atoms with Crippen LogP contribution >= 0.6 is 22.7 Å². The second-order valence-electron chi connectivity index (χ2n) is 6.45. The fourth-order valence-electron chi connectivity index (χ4n) is 2.81. The molecule has 0 fully saturated rings. The predicted molar refractivity (Wildman–Crippen MR) is 118 cm³/mol. The summed E-state index contributed by atoms with van der Waals surface area (Å²) in [4.78, 5) is 18.5. The number of nitrogens with zero attached hydrogens (tertiary/aromatic N) is 1. The summed E-state index contributed by atoms with van der Waals surface area (Å²) in [5.41, 5.74) is 3.29. The van der Waals surface area contributed by atoms with E-state index in [4.69, 9.17) is 5.11 Å². The fraction of sp³-hybridized carbons (Fsp3) is 0.333. The molecule has 3 aromatic rings. The number of benzene rings is 1. The molecule has 0 aliphatic carbocycles. The zero-order chi connectivity index (χ0) is 19.8. The van der Waals surface area contributed by atoms with Gasteiger partial charge >= 0.3 is 0 Å². The second kappa shape index (κ2) is 10.4. The van der Waals surface area contributed by atoms with E-state index in [1.54, 1.807) is 0 Å². The summed E-state index contributed by atoms with van der Waals surface area (Å²) >= 11 is 2.86. The van der Waals surface area contributed by atoms with Crippen LogP contribution < -0.4 is 10.6 Å². The molecule has 1 amide bonds. The van der Waals surface area contributed by atoms with Crippen molar-refractivity contribution < 1.29 is 9.90 Å². The molecular formula is C21H25N3O2S2. The topological polar surface area (TPSA) is 74.2 Å².